The van der Waals surface area contributed by atoms with Crippen molar-refractivity contribution in [1.29, 1.82) is 0 Å². The molecule has 2 rings (SSSR count). The van der Waals surface area contributed by atoms with Crippen LogP contribution in [0.5, 0.6) is 0 Å². The van der Waals surface area contributed by atoms with Crippen LogP contribution in [0.4, 0.5) is 10.5 Å². The van der Waals surface area contributed by atoms with Crippen molar-refractivity contribution >= 4 is 23.3 Å². The Kier molecular flexibility index (Phi) is 5.20. The second kappa shape index (κ2) is 7.11. The normalized spacial score (nSPS) is 13.3. The molecule has 0 saturated carbocycles. The number of benzene rings is 2. The van der Waals surface area contributed by atoms with Crippen molar-refractivity contribution in [2.75, 3.05) is 5.32 Å². The van der Waals surface area contributed by atoms with Crippen LogP contribution in [-0.4, -0.2) is 17.2 Å². The average Bonchev–Trinajstić information content (AvgIpc) is 2.47. The lowest BCUT2D eigenvalue weighted by Gasteiger charge is -2.20. The van der Waals surface area contributed by atoms with E-state index in [0.717, 1.165) is 5.56 Å². The van der Waals surface area contributed by atoms with E-state index < -0.39 is 12.1 Å². The van der Waals surface area contributed by atoms with Crippen LogP contribution in [0.3, 0.4) is 0 Å². The molecule has 110 valence electrons. The molecule has 0 aromatic heterocycles. The van der Waals surface area contributed by atoms with Crippen LogP contribution in [0.2, 0.25) is 5.02 Å². The highest BCUT2D eigenvalue weighted by Crippen LogP contribution is 2.17. The maximum Gasteiger partial charge on any atom is 0.319 e. The van der Waals surface area contributed by atoms with Gasteiger partial charge in [0.1, 0.15) is 0 Å². The molecule has 2 amide bonds. The topological polar surface area (TPSA) is 61.4 Å². The van der Waals surface area contributed by atoms with Crippen LogP contribution in [0, 0.1) is 0 Å². The van der Waals surface area contributed by atoms with Gasteiger partial charge in [0.15, 0.2) is 0 Å². The fourth-order valence-electron chi connectivity index (χ4n) is 1.96. The van der Waals surface area contributed by atoms with E-state index in [1.807, 2.05) is 30.3 Å². The predicted molar refractivity (Wildman–Crippen MR) is 84.5 cm³/mol. The molecule has 0 saturated heterocycles. The zero-order valence-corrected chi connectivity index (χ0v) is 12.3. The Bertz CT molecular complexity index is 604. The van der Waals surface area contributed by atoms with Crippen molar-refractivity contribution in [1.82, 2.24) is 5.32 Å². The summed E-state index contributed by atoms with van der Waals surface area (Å²) in [6, 6.07) is 15.3. The molecule has 0 bridgehead atoms. The van der Waals surface area contributed by atoms with Crippen LogP contribution in [0.25, 0.3) is 0 Å². The molecule has 0 heterocycles. The first kappa shape index (κ1) is 15.4. The van der Waals surface area contributed by atoms with E-state index in [1.165, 1.54) is 0 Å². The maximum atomic E-state index is 11.9. The molecule has 0 unspecified atom stereocenters. The summed E-state index contributed by atoms with van der Waals surface area (Å²) >= 11 is 5.85. The second-order valence-electron chi connectivity index (χ2n) is 4.75. The number of rotatable bonds is 4. The lowest BCUT2D eigenvalue weighted by Crippen LogP contribution is -2.39. The molecular formula is C16H17ClN2O2. The zero-order chi connectivity index (χ0) is 15.2. The molecule has 0 aliphatic carbocycles. The van der Waals surface area contributed by atoms with E-state index in [1.54, 1.807) is 31.2 Å². The SMILES string of the molecule is C[C@H](NC(=O)Nc1cccc(Cl)c1)[C@H](O)c1ccccc1. The standard InChI is InChI=1S/C16H17ClN2O2/c1-11(15(20)12-6-3-2-4-7-12)18-16(21)19-14-9-5-8-13(17)10-14/h2-11,15,20H,1H3,(H2,18,19,21)/t11-,15-/m0/s1. The Morgan fingerprint density at radius 3 is 2.52 bits per heavy atom. The van der Waals surface area contributed by atoms with Gasteiger partial charge in [-0.15, -0.1) is 0 Å². The number of aliphatic hydroxyl groups excluding tert-OH is 1. The third-order valence-corrected chi connectivity index (χ3v) is 3.29. The number of aliphatic hydroxyl groups is 1. The number of hydrogen-bond donors (Lipinski definition) is 3. The first-order valence-electron chi connectivity index (χ1n) is 6.62. The number of hydrogen-bond acceptors (Lipinski definition) is 2. The van der Waals surface area contributed by atoms with Gasteiger partial charge in [-0.2, -0.15) is 0 Å². The van der Waals surface area contributed by atoms with E-state index >= 15 is 0 Å². The van der Waals surface area contributed by atoms with Gasteiger partial charge < -0.3 is 15.7 Å². The van der Waals surface area contributed by atoms with Crippen LogP contribution in [0.15, 0.2) is 54.6 Å². The van der Waals surface area contributed by atoms with Gasteiger partial charge in [0.05, 0.1) is 12.1 Å². The summed E-state index contributed by atoms with van der Waals surface area (Å²) in [7, 11) is 0. The summed E-state index contributed by atoms with van der Waals surface area (Å²) in [6.45, 7) is 1.75. The fourth-order valence-corrected chi connectivity index (χ4v) is 2.15. The minimum absolute atomic E-state index is 0.389. The molecule has 21 heavy (non-hydrogen) atoms. The Hall–Kier alpha value is -2.04. The average molecular weight is 305 g/mol. The fraction of sp³-hybridized carbons (Fsp3) is 0.188. The quantitative estimate of drug-likeness (QED) is 0.808. The van der Waals surface area contributed by atoms with Crippen molar-refractivity contribution in [2.45, 2.75) is 19.1 Å². The van der Waals surface area contributed by atoms with Gasteiger partial charge in [0.2, 0.25) is 0 Å². The Morgan fingerprint density at radius 2 is 1.86 bits per heavy atom. The molecule has 0 radical (unpaired) electrons. The van der Waals surface area contributed by atoms with Crippen molar-refractivity contribution < 1.29 is 9.90 Å². The van der Waals surface area contributed by atoms with Crippen LogP contribution < -0.4 is 10.6 Å². The number of nitrogens with one attached hydrogen (secondary N) is 2. The van der Waals surface area contributed by atoms with Gasteiger partial charge in [-0.1, -0.05) is 48.0 Å². The van der Waals surface area contributed by atoms with Gasteiger partial charge >= 0.3 is 6.03 Å². The zero-order valence-electron chi connectivity index (χ0n) is 11.6. The third kappa shape index (κ3) is 4.48. The summed E-state index contributed by atoms with van der Waals surface area (Å²) in [5.74, 6) is 0. The van der Waals surface area contributed by atoms with Crippen molar-refractivity contribution in [3.05, 3.63) is 65.2 Å². The first-order valence-corrected chi connectivity index (χ1v) is 7.00. The van der Waals surface area contributed by atoms with Gasteiger partial charge in [0, 0.05) is 10.7 Å². The van der Waals surface area contributed by atoms with Crippen molar-refractivity contribution in [3.63, 3.8) is 0 Å². The molecule has 2 atom stereocenters. The number of carbonyl (C=O) groups excluding carboxylic acids is 1. The number of halogens is 1. The Labute approximate surface area is 128 Å². The lowest BCUT2D eigenvalue weighted by molar-refractivity contribution is 0.139. The second-order valence-corrected chi connectivity index (χ2v) is 5.19. The highest BCUT2D eigenvalue weighted by molar-refractivity contribution is 6.30. The molecule has 3 N–H and O–H groups in total. The molecule has 0 aliphatic rings. The smallest absolute Gasteiger partial charge is 0.319 e. The number of carbonyl (C=O) groups is 1. The van der Waals surface area contributed by atoms with Crippen LogP contribution in [0.1, 0.15) is 18.6 Å². The van der Waals surface area contributed by atoms with Crippen molar-refractivity contribution in [2.24, 2.45) is 0 Å². The number of anilines is 1. The van der Waals surface area contributed by atoms with E-state index in [9.17, 15) is 9.90 Å². The summed E-state index contributed by atoms with van der Waals surface area (Å²) in [4.78, 5) is 11.9. The van der Waals surface area contributed by atoms with Crippen LogP contribution >= 0.6 is 11.6 Å². The molecule has 0 spiro atoms. The van der Waals surface area contributed by atoms with Crippen LogP contribution in [-0.2, 0) is 0 Å². The monoisotopic (exact) mass is 304 g/mol. The van der Waals surface area contributed by atoms with Gasteiger partial charge in [-0.05, 0) is 30.7 Å². The molecular weight excluding hydrogens is 288 g/mol. The highest BCUT2D eigenvalue weighted by atomic mass is 35.5. The molecule has 4 nitrogen and oxygen atoms in total. The maximum absolute atomic E-state index is 11.9. The van der Waals surface area contributed by atoms with E-state index in [2.05, 4.69) is 10.6 Å². The van der Waals surface area contributed by atoms with Crippen molar-refractivity contribution in [3.8, 4) is 0 Å². The molecule has 0 fully saturated rings. The molecule has 2 aromatic rings. The minimum Gasteiger partial charge on any atom is -0.386 e. The van der Waals surface area contributed by atoms with E-state index in [4.69, 9.17) is 11.6 Å². The van der Waals surface area contributed by atoms with Gasteiger partial charge in [-0.25, -0.2) is 4.79 Å². The molecule has 5 heteroatoms. The number of urea groups is 1. The highest BCUT2D eigenvalue weighted by Gasteiger charge is 2.18. The molecule has 2 aromatic carbocycles. The predicted octanol–water partition coefficient (Wildman–Crippen LogP) is 3.58. The number of amides is 2. The lowest BCUT2D eigenvalue weighted by atomic mass is 10.0. The summed E-state index contributed by atoms with van der Waals surface area (Å²) < 4.78 is 0. The summed E-state index contributed by atoms with van der Waals surface area (Å²) in [5.41, 5.74) is 1.36. The third-order valence-electron chi connectivity index (χ3n) is 3.06. The van der Waals surface area contributed by atoms with Gasteiger partial charge in [0.25, 0.3) is 0 Å². The largest absolute Gasteiger partial charge is 0.386 e. The van der Waals surface area contributed by atoms with Gasteiger partial charge in [-0.3, -0.25) is 0 Å². The summed E-state index contributed by atoms with van der Waals surface area (Å²) in [6.07, 6.45) is -0.767. The Morgan fingerprint density at radius 1 is 1.14 bits per heavy atom. The summed E-state index contributed by atoms with van der Waals surface area (Å²) in [5, 5.41) is 16.1. The molecule has 0 aliphatic heterocycles. The van der Waals surface area contributed by atoms with E-state index in [0.29, 0.717) is 10.7 Å². The minimum atomic E-state index is -0.767. The first-order chi connectivity index (χ1) is 10.1. The van der Waals surface area contributed by atoms with E-state index in [-0.39, 0.29) is 6.03 Å². The Balaban J connectivity index is 1.93.